The molecular formula is C17H33N3O. The van der Waals surface area contributed by atoms with Crippen LogP contribution in [-0.2, 0) is 4.79 Å². The molecule has 0 saturated carbocycles. The molecule has 2 aliphatic rings. The summed E-state index contributed by atoms with van der Waals surface area (Å²) < 4.78 is 0. The second-order valence-electron chi connectivity index (χ2n) is 7.21. The third kappa shape index (κ3) is 4.19. The third-order valence-corrected chi connectivity index (χ3v) is 5.46. The summed E-state index contributed by atoms with van der Waals surface area (Å²) in [6.45, 7) is 7.49. The summed E-state index contributed by atoms with van der Waals surface area (Å²) in [6.07, 6.45) is 6.64. The Hall–Kier alpha value is -0.610. The van der Waals surface area contributed by atoms with Gasteiger partial charge < -0.3 is 15.1 Å². The molecule has 0 aromatic rings. The minimum absolute atomic E-state index is 0.0831. The minimum atomic E-state index is -0.0831. The van der Waals surface area contributed by atoms with Crippen LogP contribution in [0.15, 0.2) is 0 Å². The largest absolute Gasteiger partial charge is 0.345 e. The van der Waals surface area contributed by atoms with Gasteiger partial charge in [-0.2, -0.15) is 0 Å². The van der Waals surface area contributed by atoms with Gasteiger partial charge in [-0.3, -0.25) is 4.79 Å². The average molecular weight is 295 g/mol. The number of nitrogens with one attached hydrogen (secondary N) is 1. The van der Waals surface area contributed by atoms with Crippen LogP contribution in [0.3, 0.4) is 0 Å². The highest BCUT2D eigenvalue weighted by atomic mass is 16.2. The molecule has 1 N–H and O–H groups in total. The number of rotatable bonds is 5. The lowest BCUT2D eigenvalue weighted by atomic mass is 9.74. The van der Waals surface area contributed by atoms with Crippen molar-refractivity contribution in [3.05, 3.63) is 0 Å². The van der Waals surface area contributed by atoms with Crippen molar-refractivity contribution in [1.82, 2.24) is 15.1 Å². The topological polar surface area (TPSA) is 35.6 Å². The van der Waals surface area contributed by atoms with Gasteiger partial charge in [-0.25, -0.2) is 0 Å². The molecule has 2 saturated heterocycles. The molecule has 0 spiro atoms. The summed E-state index contributed by atoms with van der Waals surface area (Å²) in [5, 5.41) is 3.40. The number of nitrogens with zero attached hydrogens (tertiary/aromatic N) is 2. The molecule has 1 amide bonds. The molecule has 2 rings (SSSR count). The van der Waals surface area contributed by atoms with E-state index in [9.17, 15) is 4.79 Å². The van der Waals surface area contributed by atoms with Crippen LogP contribution in [0.5, 0.6) is 0 Å². The van der Waals surface area contributed by atoms with Crippen LogP contribution in [0, 0.1) is 11.3 Å². The predicted octanol–water partition coefficient (Wildman–Crippen LogP) is 1.96. The summed E-state index contributed by atoms with van der Waals surface area (Å²) >= 11 is 0. The van der Waals surface area contributed by atoms with Gasteiger partial charge in [0.1, 0.15) is 0 Å². The normalized spacial score (nSPS) is 24.0. The summed E-state index contributed by atoms with van der Waals surface area (Å²) in [7, 11) is 4.22. The Morgan fingerprint density at radius 1 is 1.29 bits per heavy atom. The lowest BCUT2D eigenvalue weighted by Crippen LogP contribution is -2.49. The van der Waals surface area contributed by atoms with Crippen molar-refractivity contribution in [2.24, 2.45) is 11.3 Å². The molecule has 0 unspecified atom stereocenters. The van der Waals surface area contributed by atoms with Gasteiger partial charge >= 0.3 is 0 Å². The zero-order valence-corrected chi connectivity index (χ0v) is 14.2. The molecule has 2 fully saturated rings. The van der Waals surface area contributed by atoms with Crippen molar-refractivity contribution in [2.45, 2.75) is 45.4 Å². The molecule has 0 aromatic carbocycles. The zero-order chi connectivity index (χ0) is 15.3. The first-order valence-electron chi connectivity index (χ1n) is 8.72. The zero-order valence-electron chi connectivity index (χ0n) is 14.2. The van der Waals surface area contributed by atoms with Crippen molar-refractivity contribution >= 4 is 5.91 Å². The average Bonchev–Trinajstić information content (AvgIpc) is 2.50. The molecule has 4 heteroatoms. The SMILES string of the molecule is CCCC1(C(=O)N(C)CC2CCN(C)CC2)CCNCC1. The number of hydrogen-bond acceptors (Lipinski definition) is 3. The molecule has 122 valence electrons. The van der Waals surface area contributed by atoms with Crippen molar-refractivity contribution in [1.29, 1.82) is 0 Å². The van der Waals surface area contributed by atoms with Gasteiger partial charge in [0, 0.05) is 13.6 Å². The number of carbonyl (C=O) groups is 1. The van der Waals surface area contributed by atoms with Crippen molar-refractivity contribution in [2.75, 3.05) is 46.8 Å². The lowest BCUT2D eigenvalue weighted by Gasteiger charge is -2.40. The van der Waals surface area contributed by atoms with E-state index in [1.807, 2.05) is 7.05 Å². The molecule has 0 aromatic heterocycles. The number of piperidine rings is 2. The van der Waals surface area contributed by atoms with Crippen LogP contribution in [0.25, 0.3) is 0 Å². The Labute approximate surface area is 130 Å². The highest BCUT2D eigenvalue weighted by Crippen LogP contribution is 2.36. The minimum Gasteiger partial charge on any atom is -0.345 e. The Balaban J connectivity index is 1.92. The van der Waals surface area contributed by atoms with Crippen LogP contribution >= 0.6 is 0 Å². The Morgan fingerprint density at radius 3 is 2.48 bits per heavy atom. The molecule has 0 radical (unpaired) electrons. The van der Waals surface area contributed by atoms with Crippen LogP contribution in [0.2, 0.25) is 0 Å². The van der Waals surface area contributed by atoms with E-state index in [1.165, 1.54) is 25.9 Å². The maximum Gasteiger partial charge on any atom is 0.228 e. The fraction of sp³-hybridized carbons (Fsp3) is 0.941. The lowest BCUT2D eigenvalue weighted by molar-refractivity contribution is -0.143. The van der Waals surface area contributed by atoms with Crippen LogP contribution in [0.1, 0.15) is 45.4 Å². The van der Waals surface area contributed by atoms with E-state index in [0.717, 1.165) is 45.3 Å². The highest BCUT2D eigenvalue weighted by Gasteiger charge is 2.40. The molecule has 2 aliphatic heterocycles. The van der Waals surface area contributed by atoms with E-state index in [0.29, 0.717) is 11.8 Å². The Bertz CT molecular complexity index is 325. The summed E-state index contributed by atoms with van der Waals surface area (Å²) in [5.41, 5.74) is -0.0831. The highest BCUT2D eigenvalue weighted by molar-refractivity contribution is 5.82. The second kappa shape index (κ2) is 7.59. The van der Waals surface area contributed by atoms with E-state index < -0.39 is 0 Å². The first-order valence-corrected chi connectivity index (χ1v) is 8.72. The number of carbonyl (C=O) groups excluding carboxylic acids is 1. The first-order chi connectivity index (χ1) is 10.1. The van der Waals surface area contributed by atoms with Gasteiger partial charge in [0.2, 0.25) is 5.91 Å². The van der Waals surface area contributed by atoms with Crippen molar-refractivity contribution < 1.29 is 4.79 Å². The summed E-state index contributed by atoms with van der Waals surface area (Å²) in [4.78, 5) is 17.5. The van der Waals surface area contributed by atoms with Gasteiger partial charge in [-0.15, -0.1) is 0 Å². The van der Waals surface area contributed by atoms with Crippen LogP contribution < -0.4 is 5.32 Å². The molecular weight excluding hydrogens is 262 g/mol. The van der Waals surface area contributed by atoms with Gasteiger partial charge in [0.25, 0.3) is 0 Å². The van der Waals surface area contributed by atoms with Crippen LogP contribution in [-0.4, -0.2) is 62.5 Å². The number of hydrogen-bond donors (Lipinski definition) is 1. The molecule has 0 bridgehead atoms. The summed E-state index contributed by atoms with van der Waals surface area (Å²) in [6, 6.07) is 0. The quantitative estimate of drug-likeness (QED) is 0.842. The molecule has 21 heavy (non-hydrogen) atoms. The fourth-order valence-electron chi connectivity index (χ4n) is 4.07. The molecule has 4 nitrogen and oxygen atoms in total. The van der Waals surface area contributed by atoms with E-state index in [-0.39, 0.29) is 5.41 Å². The van der Waals surface area contributed by atoms with E-state index in [4.69, 9.17) is 0 Å². The molecule has 2 heterocycles. The van der Waals surface area contributed by atoms with Gasteiger partial charge in [0.15, 0.2) is 0 Å². The summed E-state index contributed by atoms with van der Waals surface area (Å²) in [5.74, 6) is 1.10. The van der Waals surface area contributed by atoms with Crippen molar-refractivity contribution in [3.63, 3.8) is 0 Å². The van der Waals surface area contributed by atoms with Gasteiger partial charge in [-0.05, 0) is 71.2 Å². The first kappa shape index (κ1) is 16.8. The van der Waals surface area contributed by atoms with E-state index in [1.54, 1.807) is 0 Å². The van der Waals surface area contributed by atoms with E-state index in [2.05, 4.69) is 29.1 Å². The van der Waals surface area contributed by atoms with Crippen molar-refractivity contribution in [3.8, 4) is 0 Å². The maximum absolute atomic E-state index is 13.0. The second-order valence-corrected chi connectivity index (χ2v) is 7.21. The Kier molecular flexibility index (Phi) is 6.06. The van der Waals surface area contributed by atoms with Gasteiger partial charge in [-0.1, -0.05) is 13.3 Å². The third-order valence-electron chi connectivity index (χ3n) is 5.46. The number of amides is 1. The van der Waals surface area contributed by atoms with E-state index >= 15 is 0 Å². The van der Waals surface area contributed by atoms with Crippen LogP contribution in [0.4, 0.5) is 0 Å². The monoisotopic (exact) mass is 295 g/mol. The Morgan fingerprint density at radius 2 is 1.90 bits per heavy atom. The number of likely N-dealkylation sites (tertiary alicyclic amines) is 1. The fourth-order valence-corrected chi connectivity index (χ4v) is 4.07. The smallest absolute Gasteiger partial charge is 0.228 e. The molecule has 0 atom stereocenters. The predicted molar refractivity (Wildman–Crippen MR) is 87.3 cm³/mol. The van der Waals surface area contributed by atoms with Gasteiger partial charge in [0.05, 0.1) is 5.41 Å². The standard InChI is InChI=1S/C17H33N3O/c1-4-7-17(8-10-18-11-9-17)16(21)20(3)14-15-5-12-19(2)13-6-15/h15,18H,4-14H2,1-3H3. The molecule has 0 aliphatic carbocycles. The maximum atomic E-state index is 13.0.